The van der Waals surface area contributed by atoms with Crippen molar-refractivity contribution in [2.45, 2.75) is 0 Å². The van der Waals surface area contributed by atoms with Crippen molar-refractivity contribution < 1.29 is 76.6 Å². The number of aromatic nitrogens is 1. The Balaban J connectivity index is -0.000000116. The maximum atomic E-state index is 8.52. The Bertz CT molecular complexity index is 221. The molecule has 8 heteroatoms. The van der Waals surface area contributed by atoms with Crippen molar-refractivity contribution in [2.75, 3.05) is 0 Å². The van der Waals surface area contributed by atoms with Crippen LogP contribution >= 0.6 is 0 Å². The standard InChI is InChI=1S/C4H5N.2Na.H2O4S/c1-2-4-5-3-1;;;1-5(2,3)4/h1-5H;;;(H2,1,2,3,4)/q;2*+1;/p-2. The van der Waals surface area contributed by atoms with Gasteiger partial charge in [0.2, 0.25) is 0 Å². The average molecular weight is 209 g/mol. The van der Waals surface area contributed by atoms with Gasteiger partial charge in [-0.25, -0.2) is 0 Å². The van der Waals surface area contributed by atoms with Crippen LogP contribution in [-0.4, -0.2) is 22.5 Å². The molecule has 0 fully saturated rings. The van der Waals surface area contributed by atoms with Crippen molar-refractivity contribution >= 4 is 10.4 Å². The molecular formula is C4H5NNa2O4S. The molecule has 1 heterocycles. The zero-order chi connectivity index (χ0) is 8.04. The van der Waals surface area contributed by atoms with Crippen LogP contribution in [0.15, 0.2) is 24.5 Å². The molecule has 0 unspecified atom stereocenters. The first-order chi connectivity index (χ1) is 4.50. The Hall–Kier alpha value is 1.15. The van der Waals surface area contributed by atoms with E-state index in [4.69, 9.17) is 17.5 Å². The van der Waals surface area contributed by atoms with Crippen molar-refractivity contribution in [1.29, 1.82) is 0 Å². The molecule has 0 bridgehead atoms. The molecule has 0 aliphatic heterocycles. The van der Waals surface area contributed by atoms with Gasteiger partial charge in [-0.3, -0.25) is 8.42 Å². The fourth-order valence-electron chi connectivity index (χ4n) is 0.278. The molecule has 0 spiro atoms. The van der Waals surface area contributed by atoms with Crippen LogP contribution in [0.4, 0.5) is 0 Å². The largest absolute Gasteiger partial charge is 1.00 e. The van der Waals surface area contributed by atoms with Gasteiger partial charge in [-0.1, -0.05) is 0 Å². The van der Waals surface area contributed by atoms with Crippen LogP contribution in [0, 0.1) is 0 Å². The zero-order valence-corrected chi connectivity index (χ0v) is 11.7. The molecule has 0 aromatic carbocycles. The van der Waals surface area contributed by atoms with E-state index in [0.717, 1.165) is 0 Å². The Morgan fingerprint density at radius 2 is 1.25 bits per heavy atom. The molecule has 1 aromatic heterocycles. The molecule has 0 aliphatic rings. The number of hydrogen-bond donors (Lipinski definition) is 1. The van der Waals surface area contributed by atoms with Crippen LogP contribution in [0.2, 0.25) is 0 Å². The third-order valence-corrected chi connectivity index (χ3v) is 0.496. The number of rotatable bonds is 0. The molecule has 0 saturated carbocycles. The fraction of sp³-hybridized carbons (Fsp3) is 0. The van der Waals surface area contributed by atoms with E-state index in [1.165, 1.54) is 0 Å². The molecule has 58 valence electrons. The van der Waals surface area contributed by atoms with Gasteiger partial charge in [0.05, 0.1) is 0 Å². The van der Waals surface area contributed by atoms with E-state index in [-0.39, 0.29) is 59.1 Å². The number of aromatic amines is 1. The van der Waals surface area contributed by atoms with Gasteiger partial charge in [-0.15, -0.1) is 0 Å². The Morgan fingerprint density at radius 3 is 1.33 bits per heavy atom. The van der Waals surface area contributed by atoms with Crippen LogP contribution in [0.25, 0.3) is 0 Å². The summed E-state index contributed by atoms with van der Waals surface area (Å²) in [5.74, 6) is 0. The molecule has 0 amide bonds. The van der Waals surface area contributed by atoms with Crippen molar-refractivity contribution in [3.8, 4) is 0 Å². The quantitative estimate of drug-likeness (QED) is 0.261. The third-order valence-electron chi connectivity index (χ3n) is 0.496. The predicted molar refractivity (Wildman–Crippen MR) is 31.3 cm³/mol. The third kappa shape index (κ3) is 30.4. The van der Waals surface area contributed by atoms with Crippen LogP contribution in [0.1, 0.15) is 0 Å². The fourth-order valence-corrected chi connectivity index (χ4v) is 0.278. The van der Waals surface area contributed by atoms with E-state index in [9.17, 15) is 0 Å². The van der Waals surface area contributed by atoms with Crippen LogP contribution < -0.4 is 59.1 Å². The first-order valence-corrected chi connectivity index (χ1v) is 3.58. The zero-order valence-electron chi connectivity index (χ0n) is 6.85. The molecule has 1 rings (SSSR count). The van der Waals surface area contributed by atoms with Gasteiger partial charge in [-0.2, -0.15) is 0 Å². The maximum absolute atomic E-state index is 8.52. The van der Waals surface area contributed by atoms with Crippen molar-refractivity contribution in [1.82, 2.24) is 4.98 Å². The molecule has 1 N–H and O–H groups in total. The first-order valence-electron chi connectivity index (χ1n) is 2.24. The summed E-state index contributed by atoms with van der Waals surface area (Å²) >= 11 is 0. The predicted octanol–water partition coefficient (Wildman–Crippen LogP) is -6.32. The molecule has 5 nitrogen and oxygen atoms in total. The molecule has 0 radical (unpaired) electrons. The van der Waals surface area contributed by atoms with Crippen molar-refractivity contribution in [3.63, 3.8) is 0 Å². The topological polar surface area (TPSA) is 96.1 Å². The van der Waals surface area contributed by atoms with E-state index >= 15 is 0 Å². The number of nitrogens with one attached hydrogen (secondary N) is 1. The Labute approximate surface area is 115 Å². The van der Waals surface area contributed by atoms with Gasteiger partial charge < -0.3 is 14.1 Å². The van der Waals surface area contributed by atoms with Crippen molar-refractivity contribution in [2.24, 2.45) is 0 Å². The summed E-state index contributed by atoms with van der Waals surface area (Å²) in [6, 6.07) is 3.89. The van der Waals surface area contributed by atoms with Gasteiger partial charge in [0.15, 0.2) is 0 Å². The second-order valence-electron chi connectivity index (χ2n) is 1.29. The minimum absolute atomic E-state index is 0. The summed E-state index contributed by atoms with van der Waals surface area (Å²) in [4.78, 5) is 2.86. The van der Waals surface area contributed by atoms with E-state index in [2.05, 4.69) is 4.98 Å². The SMILES string of the molecule is O=S(=O)([O-])[O-].[Na+].[Na+].c1cc[nH]c1. The van der Waals surface area contributed by atoms with Crippen LogP contribution in [0.3, 0.4) is 0 Å². The van der Waals surface area contributed by atoms with E-state index < -0.39 is 10.4 Å². The van der Waals surface area contributed by atoms with E-state index in [0.29, 0.717) is 0 Å². The second-order valence-corrected chi connectivity index (χ2v) is 2.11. The summed E-state index contributed by atoms with van der Waals surface area (Å²) < 4.78 is 34.1. The summed E-state index contributed by atoms with van der Waals surface area (Å²) in [7, 11) is -5.17. The monoisotopic (exact) mass is 209 g/mol. The normalized spacial score (nSPS) is 8.17. The Kier molecular flexibility index (Phi) is 16.1. The minimum atomic E-state index is -5.17. The van der Waals surface area contributed by atoms with E-state index in [1.54, 1.807) is 0 Å². The van der Waals surface area contributed by atoms with Gasteiger partial charge in [-0.05, 0) is 12.1 Å². The summed E-state index contributed by atoms with van der Waals surface area (Å²) in [5.41, 5.74) is 0. The summed E-state index contributed by atoms with van der Waals surface area (Å²) in [5, 5.41) is 0. The molecule has 0 aliphatic carbocycles. The first kappa shape index (κ1) is 18.8. The smallest absolute Gasteiger partial charge is 0.759 e. The van der Waals surface area contributed by atoms with Crippen LogP contribution in [0.5, 0.6) is 0 Å². The molecule has 1 aromatic rings. The molecule has 0 atom stereocenters. The van der Waals surface area contributed by atoms with Gasteiger partial charge in [0.25, 0.3) is 0 Å². The van der Waals surface area contributed by atoms with Gasteiger partial charge in [0.1, 0.15) is 0 Å². The van der Waals surface area contributed by atoms with E-state index in [1.807, 2.05) is 24.5 Å². The van der Waals surface area contributed by atoms with Crippen molar-refractivity contribution in [3.05, 3.63) is 24.5 Å². The van der Waals surface area contributed by atoms with Gasteiger partial charge in [0, 0.05) is 22.8 Å². The summed E-state index contributed by atoms with van der Waals surface area (Å²) in [6.45, 7) is 0. The summed E-state index contributed by atoms with van der Waals surface area (Å²) in [6.07, 6.45) is 3.75. The molecular weight excluding hydrogens is 204 g/mol. The van der Waals surface area contributed by atoms with Crippen LogP contribution in [-0.2, 0) is 10.4 Å². The number of H-pyrrole nitrogens is 1. The number of hydrogen-bond acceptors (Lipinski definition) is 4. The minimum Gasteiger partial charge on any atom is -0.759 e. The maximum Gasteiger partial charge on any atom is 1.00 e. The Morgan fingerprint density at radius 1 is 1.00 bits per heavy atom. The molecule has 12 heavy (non-hydrogen) atoms. The average Bonchev–Trinajstić information content (AvgIpc) is 2.07. The second kappa shape index (κ2) is 10.2. The van der Waals surface area contributed by atoms with Gasteiger partial charge >= 0.3 is 59.1 Å². The molecule has 0 saturated heterocycles.